The Hall–Kier alpha value is -3.15. The summed E-state index contributed by atoms with van der Waals surface area (Å²) < 4.78 is 1.64. The Morgan fingerprint density at radius 2 is 1.93 bits per heavy atom. The van der Waals surface area contributed by atoms with Crippen molar-refractivity contribution < 1.29 is 9.90 Å². The standard InChI is InChI=1S/C23H27N3O3/c1-3-5-12-19(28)25-21-20(16-9-7-10-17(27)15-16)18-11-8-13-24-22(18)26(23(21)29)14-6-4-2/h7-11,13,15,27H,3-6,12,14H2,1-2H3,(H,25,28). The molecule has 0 saturated heterocycles. The highest BCUT2D eigenvalue weighted by molar-refractivity contribution is 6.04. The maximum atomic E-state index is 13.4. The summed E-state index contributed by atoms with van der Waals surface area (Å²) in [6, 6.07) is 10.4. The third kappa shape index (κ3) is 4.47. The number of carbonyl (C=O) groups is 1. The molecule has 0 fully saturated rings. The summed E-state index contributed by atoms with van der Waals surface area (Å²) in [5.74, 6) is -0.0893. The lowest BCUT2D eigenvalue weighted by atomic mass is 10.00. The number of phenolic OH excluding ortho intramolecular Hbond substituents is 1. The smallest absolute Gasteiger partial charge is 0.276 e. The van der Waals surface area contributed by atoms with E-state index >= 15 is 0 Å². The van der Waals surface area contributed by atoms with E-state index in [1.165, 1.54) is 0 Å². The number of amides is 1. The predicted molar refractivity (Wildman–Crippen MR) is 116 cm³/mol. The van der Waals surface area contributed by atoms with Crippen LogP contribution in [0.25, 0.3) is 22.2 Å². The van der Waals surface area contributed by atoms with Crippen molar-refractivity contribution in [1.29, 1.82) is 0 Å². The molecule has 6 nitrogen and oxygen atoms in total. The van der Waals surface area contributed by atoms with Gasteiger partial charge in [0.1, 0.15) is 17.1 Å². The minimum absolute atomic E-state index is 0.0953. The average molecular weight is 393 g/mol. The molecule has 29 heavy (non-hydrogen) atoms. The molecule has 1 amide bonds. The van der Waals surface area contributed by atoms with Gasteiger partial charge in [0.2, 0.25) is 5.91 Å². The number of nitrogens with one attached hydrogen (secondary N) is 1. The Kier molecular flexibility index (Phi) is 6.65. The van der Waals surface area contributed by atoms with Crippen LogP contribution in [0.5, 0.6) is 5.75 Å². The fraction of sp³-hybridized carbons (Fsp3) is 0.348. The van der Waals surface area contributed by atoms with Crippen molar-refractivity contribution >= 4 is 22.6 Å². The number of anilines is 1. The van der Waals surface area contributed by atoms with Gasteiger partial charge in [-0.3, -0.25) is 14.2 Å². The predicted octanol–water partition coefficient (Wildman–Crippen LogP) is 4.70. The van der Waals surface area contributed by atoms with Crippen LogP contribution < -0.4 is 10.9 Å². The molecule has 3 rings (SSSR count). The van der Waals surface area contributed by atoms with Crippen molar-refractivity contribution in [3.8, 4) is 16.9 Å². The molecule has 1 aromatic carbocycles. The van der Waals surface area contributed by atoms with E-state index in [2.05, 4.69) is 17.2 Å². The van der Waals surface area contributed by atoms with Gasteiger partial charge in [0.25, 0.3) is 5.56 Å². The summed E-state index contributed by atoms with van der Waals surface area (Å²) in [4.78, 5) is 30.4. The van der Waals surface area contributed by atoms with E-state index in [-0.39, 0.29) is 22.9 Å². The van der Waals surface area contributed by atoms with Crippen LogP contribution in [0.4, 0.5) is 5.69 Å². The van der Waals surface area contributed by atoms with Gasteiger partial charge in [-0.05, 0) is 42.7 Å². The van der Waals surface area contributed by atoms with Crippen LogP contribution in [0.2, 0.25) is 0 Å². The van der Waals surface area contributed by atoms with Crippen molar-refractivity contribution in [1.82, 2.24) is 9.55 Å². The van der Waals surface area contributed by atoms with Crippen LogP contribution in [-0.4, -0.2) is 20.6 Å². The first-order valence-corrected chi connectivity index (χ1v) is 10.2. The largest absolute Gasteiger partial charge is 0.508 e. The Morgan fingerprint density at radius 3 is 2.66 bits per heavy atom. The van der Waals surface area contributed by atoms with E-state index in [1.54, 1.807) is 29.0 Å². The van der Waals surface area contributed by atoms with Gasteiger partial charge in [-0.1, -0.05) is 38.8 Å². The summed E-state index contributed by atoms with van der Waals surface area (Å²) in [5, 5.41) is 13.6. The molecule has 3 aromatic rings. The number of hydrogen-bond acceptors (Lipinski definition) is 4. The van der Waals surface area contributed by atoms with Crippen molar-refractivity contribution in [2.24, 2.45) is 0 Å². The van der Waals surface area contributed by atoms with E-state index in [1.807, 2.05) is 25.1 Å². The summed E-state index contributed by atoms with van der Waals surface area (Å²) in [7, 11) is 0. The van der Waals surface area contributed by atoms with Gasteiger partial charge in [-0.2, -0.15) is 0 Å². The van der Waals surface area contributed by atoms with E-state index in [9.17, 15) is 14.7 Å². The third-order valence-corrected chi connectivity index (χ3v) is 4.91. The molecule has 0 aliphatic rings. The first kappa shape index (κ1) is 20.6. The molecule has 0 radical (unpaired) electrons. The summed E-state index contributed by atoms with van der Waals surface area (Å²) in [6.07, 6.45) is 5.45. The van der Waals surface area contributed by atoms with Crippen molar-refractivity contribution in [2.75, 3.05) is 5.32 Å². The Morgan fingerprint density at radius 1 is 1.14 bits per heavy atom. The SMILES string of the molecule is CCCCC(=O)Nc1c(-c2cccc(O)c2)c2cccnc2n(CCCC)c1=O. The number of benzene rings is 1. The molecule has 0 saturated carbocycles. The minimum atomic E-state index is -0.271. The number of unbranched alkanes of at least 4 members (excludes halogenated alkanes) is 2. The monoisotopic (exact) mass is 393 g/mol. The molecule has 0 bridgehead atoms. The number of nitrogens with zero attached hydrogens (tertiary/aromatic N) is 2. The fourth-order valence-electron chi connectivity index (χ4n) is 3.42. The van der Waals surface area contributed by atoms with E-state index in [0.29, 0.717) is 29.7 Å². The fourth-order valence-corrected chi connectivity index (χ4v) is 3.42. The van der Waals surface area contributed by atoms with Crippen molar-refractivity contribution in [3.05, 3.63) is 52.9 Å². The zero-order valence-electron chi connectivity index (χ0n) is 16.9. The lowest BCUT2D eigenvalue weighted by Gasteiger charge is -2.18. The number of aromatic hydroxyl groups is 1. The topological polar surface area (TPSA) is 84.2 Å². The molecule has 0 unspecified atom stereocenters. The van der Waals surface area contributed by atoms with Gasteiger partial charge in [0.15, 0.2) is 0 Å². The number of aryl methyl sites for hydroxylation is 1. The molecular weight excluding hydrogens is 366 g/mol. The molecule has 0 atom stereocenters. The zero-order valence-corrected chi connectivity index (χ0v) is 16.9. The van der Waals surface area contributed by atoms with Crippen LogP contribution in [0.3, 0.4) is 0 Å². The average Bonchev–Trinajstić information content (AvgIpc) is 2.72. The first-order valence-electron chi connectivity index (χ1n) is 10.2. The van der Waals surface area contributed by atoms with Crippen molar-refractivity contribution in [2.45, 2.75) is 52.5 Å². The highest BCUT2D eigenvalue weighted by Crippen LogP contribution is 2.34. The van der Waals surface area contributed by atoms with Gasteiger partial charge in [-0.15, -0.1) is 0 Å². The second kappa shape index (κ2) is 9.37. The molecule has 2 N–H and O–H groups in total. The lowest BCUT2D eigenvalue weighted by Crippen LogP contribution is -2.28. The molecule has 2 heterocycles. The van der Waals surface area contributed by atoms with Gasteiger partial charge in [0, 0.05) is 30.1 Å². The number of carbonyl (C=O) groups excluding carboxylic acids is 1. The molecule has 2 aromatic heterocycles. The van der Waals surface area contributed by atoms with E-state index in [4.69, 9.17) is 0 Å². The number of aromatic nitrogens is 2. The van der Waals surface area contributed by atoms with Gasteiger partial charge >= 0.3 is 0 Å². The second-order valence-electron chi connectivity index (χ2n) is 7.14. The second-order valence-corrected chi connectivity index (χ2v) is 7.14. The molecule has 0 aliphatic carbocycles. The number of rotatable bonds is 8. The normalized spacial score (nSPS) is 11.0. The number of fused-ring (bicyclic) bond motifs is 1. The van der Waals surface area contributed by atoms with Gasteiger partial charge in [-0.25, -0.2) is 4.98 Å². The number of hydrogen-bond donors (Lipinski definition) is 2. The molecule has 6 heteroatoms. The highest BCUT2D eigenvalue weighted by Gasteiger charge is 2.20. The van der Waals surface area contributed by atoms with Crippen LogP contribution in [0.15, 0.2) is 47.4 Å². The third-order valence-electron chi connectivity index (χ3n) is 4.91. The number of phenols is 1. The summed E-state index contributed by atoms with van der Waals surface area (Å²) >= 11 is 0. The first-order chi connectivity index (χ1) is 14.1. The quantitative estimate of drug-likeness (QED) is 0.581. The maximum Gasteiger partial charge on any atom is 0.276 e. The Labute approximate surface area is 170 Å². The summed E-state index contributed by atoms with van der Waals surface area (Å²) in [6.45, 7) is 4.61. The minimum Gasteiger partial charge on any atom is -0.508 e. The van der Waals surface area contributed by atoms with Crippen LogP contribution >= 0.6 is 0 Å². The van der Waals surface area contributed by atoms with E-state index < -0.39 is 0 Å². The Balaban J connectivity index is 2.29. The lowest BCUT2D eigenvalue weighted by molar-refractivity contribution is -0.116. The summed E-state index contributed by atoms with van der Waals surface area (Å²) in [5.41, 5.74) is 1.80. The molecule has 152 valence electrons. The number of pyridine rings is 2. The van der Waals surface area contributed by atoms with Gasteiger partial charge in [0.05, 0.1) is 0 Å². The highest BCUT2D eigenvalue weighted by atomic mass is 16.3. The van der Waals surface area contributed by atoms with Crippen LogP contribution in [0, 0.1) is 0 Å². The van der Waals surface area contributed by atoms with Crippen LogP contribution in [0.1, 0.15) is 46.0 Å². The Bertz CT molecular complexity index is 1070. The molecule has 0 spiro atoms. The molecule has 0 aliphatic heterocycles. The van der Waals surface area contributed by atoms with Gasteiger partial charge < -0.3 is 10.4 Å². The maximum absolute atomic E-state index is 13.4. The van der Waals surface area contributed by atoms with E-state index in [0.717, 1.165) is 31.1 Å². The van der Waals surface area contributed by atoms with Crippen LogP contribution in [-0.2, 0) is 11.3 Å². The zero-order chi connectivity index (χ0) is 20.8. The van der Waals surface area contributed by atoms with Crippen molar-refractivity contribution in [3.63, 3.8) is 0 Å². The molecular formula is C23H27N3O3.